The topological polar surface area (TPSA) is 69.7 Å². The van der Waals surface area contributed by atoms with Gasteiger partial charge in [-0.3, -0.25) is 14.4 Å². The number of carbonyl (C=O) groups excluding carboxylic acids is 3. The lowest BCUT2D eigenvalue weighted by molar-refractivity contribution is -0.146. The average Bonchev–Trinajstić information content (AvgIpc) is 3.25. The van der Waals surface area contributed by atoms with Crippen LogP contribution >= 0.6 is 0 Å². The number of hydrogen-bond donors (Lipinski definition) is 1. The molecule has 0 spiro atoms. The lowest BCUT2D eigenvalue weighted by Crippen LogP contribution is -2.52. The molecule has 0 atom stereocenters. The van der Waals surface area contributed by atoms with E-state index in [2.05, 4.69) is 5.32 Å². The van der Waals surface area contributed by atoms with E-state index in [1.54, 1.807) is 9.80 Å². The molecular formula is C13H21N3O3. The first-order valence-electron chi connectivity index (χ1n) is 6.91. The Morgan fingerprint density at radius 3 is 2.32 bits per heavy atom. The molecule has 1 aliphatic carbocycles. The minimum atomic E-state index is -0.807. The van der Waals surface area contributed by atoms with Crippen LogP contribution in [0.1, 0.15) is 26.2 Å². The SMILES string of the molecule is CCCNC(=O)C1(C(=O)N2CCN(C=O)CC2)CC1. The summed E-state index contributed by atoms with van der Waals surface area (Å²) in [7, 11) is 0. The summed E-state index contributed by atoms with van der Waals surface area (Å²) in [5.74, 6) is -0.191. The molecule has 2 rings (SSSR count). The lowest BCUT2D eigenvalue weighted by Gasteiger charge is -2.34. The standard InChI is InChI=1S/C13H21N3O3/c1-2-5-14-11(18)13(3-4-13)12(19)16-8-6-15(10-17)7-9-16/h10H,2-9H2,1H3,(H,14,18). The van der Waals surface area contributed by atoms with E-state index in [9.17, 15) is 14.4 Å². The molecule has 1 heterocycles. The largest absolute Gasteiger partial charge is 0.355 e. The van der Waals surface area contributed by atoms with Gasteiger partial charge in [0.25, 0.3) is 0 Å². The highest BCUT2D eigenvalue weighted by Crippen LogP contribution is 2.47. The van der Waals surface area contributed by atoms with E-state index in [0.717, 1.165) is 12.8 Å². The second-order valence-corrected chi connectivity index (χ2v) is 5.27. The van der Waals surface area contributed by atoms with Gasteiger partial charge in [-0.25, -0.2) is 0 Å². The highest BCUT2D eigenvalue weighted by atomic mass is 16.2. The molecular weight excluding hydrogens is 246 g/mol. The van der Waals surface area contributed by atoms with Crippen molar-refractivity contribution >= 4 is 18.2 Å². The van der Waals surface area contributed by atoms with Crippen LogP contribution in [0.2, 0.25) is 0 Å². The number of amides is 3. The fourth-order valence-corrected chi connectivity index (χ4v) is 2.40. The lowest BCUT2D eigenvalue weighted by atomic mass is 10.0. The smallest absolute Gasteiger partial charge is 0.238 e. The van der Waals surface area contributed by atoms with Crippen LogP contribution in [0, 0.1) is 5.41 Å². The Morgan fingerprint density at radius 2 is 1.84 bits per heavy atom. The molecule has 1 N–H and O–H groups in total. The predicted octanol–water partition coefficient (Wildman–Crippen LogP) is -0.407. The molecule has 0 radical (unpaired) electrons. The van der Waals surface area contributed by atoms with Gasteiger partial charge in [0.15, 0.2) is 0 Å². The summed E-state index contributed by atoms with van der Waals surface area (Å²) in [6.07, 6.45) is 2.97. The Balaban J connectivity index is 1.92. The Kier molecular flexibility index (Phi) is 4.07. The Labute approximate surface area is 113 Å². The molecule has 0 bridgehead atoms. The van der Waals surface area contributed by atoms with Crippen molar-refractivity contribution in [2.24, 2.45) is 5.41 Å². The zero-order valence-corrected chi connectivity index (χ0v) is 11.4. The van der Waals surface area contributed by atoms with Gasteiger partial charge in [-0.05, 0) is 19.3 Å². The average molecular weight is 267 g/mol. The van der Waals surface area contributed by atoms with Crippen LogP contribution in [0.4, 0.5) is 0 Å². The first-order chi connectivity index (χ1) is 9.14. The van der Waals surface area contributed by atoms with Crippen molar-refractivity contribution in [1.29, 1.82) is 0 Å². The van der Waals surface area contributed by atoms with Crippen molar-refractivity contribution in [2.75, 3.05) is 32.7 Å². The summed E-state index contributed by atoms with van der Waals surface area (Å²) < 4.78 is 0. The van der Waals surface area contributed by atoms with E-state index in [1.807, 2.05) is 6.92 Å². The summed E-state index contributed by atoms with van der Waals surface area (Å²) in [5.41, 5.74) is -0.807. The van der Waals surface area contributed by atoms with E-state index in [4.69, 9.17) is 0 Å². The van der Waals surface area contributed by atoms with Gasteiger partial charge in [0.1, 0.15) is 5.41 Å². The molecule has 0 aromatic carbocycles. The first-order valence-corrected chi connectivity index (χ1v) is 6.91. The fourth-order valence-electron chi connectivity index (χ4n) is 2.40. The molecule has 0 unspecified atom stereocenters. The molecule has 1 aliphatic heterocycles. The number of piperazine rings is 1. The molecule has 3 amide bonds. The second-order valence-electron chi connectivity index (χ2n) is 5.27. The van der Waals surface area contributed by atoms with Crippen LogP contribution in [0.15, 0.2) is 0 Å². The highest BCUT2D eigenvalue weighted by Gasteiger charge is 2.57. The number of nitrogens with one attached hydrogen (secondary N) is 1. The maximum absolute atomic E-state index is 12.4. The Bertz CT molecular complexity index is 371. The molecule has 6 heteroatoms. The Morgan fingerprint density at radius 1 is 1.21 bits per heavy atom. The number of carbonyl (C=O) groups is 3. The van der Waals surface area contributed by atoms with Crippen LogP contribution in [-0.4, -0.2) is 60.7 Å². The quantitative estimate of drug-likeness (QED) is 0.544. The summed E-state index contributed by atoms with van der Waals surface area (Å²) in [6, 6.07) is 0. The summed E-state index contributed by atoms with van der Waals surface area (Å²) in [5, 5.41) is 2.82. The molecule has 0 aromatic rings. The molecule has 6 nitrogen and oxygen atoms in total. The van der Waals surface area contributed by atoms with E-state index in [-0.39, 0.29) is 11.8 Å². The second kappa shape index (κ2) is 5.59. The molecule has 106 valence electrons. The molecule has 1 saturated heterocycles. The normalized spacial score (nSPS) is 20.9. The van der Waals surface area contributed by atoms with Crippen molar-refractivity contribution in [3.8, 4) is 0 Å². The number of rotatable bonds is 5. The van der Waals surface area contributed by atoms with Crippen molar-refractivity contribution in [2.45, 2.75) is 26.2 Å². The monoisotopic (exact) mass is 267 g/mol. The van der Waals surface area contributed by atoms with Gasteiger partial charge < -0.3 is 15.1 Å². The molecule has 2 fully saturated rings. The summed E-state index contributed by atoms with van der Waals surface area (Å²) in [6.45, 7) is 4.78. The van der Waals surface area contributed by atoms with Crippen molar-refractivity contribution in [3.05, 3.63) is 0 Å². The van der Waals surface area contributed by atoms with Crippen molar-refractivity contribution < 1.29 is 14.4 Å². The third kappa shape index (κ3) is 2.72. The van der Waals surface area contributed by atoms with E-state index in [0.29, 0.717) is 45.6 Å². The Hall–Kier alpha value is -1.59. The molecule has 0 aromatic heterocycles. The maximum Gasteiger partial charge on any atom is 0.238 e. The van der Waals surface area contributed by atoms with E-state index in [1.165, 1.54) is 0 Å². The van der Waals surface area contributed by atoms with Gasteiger partial charge in [0, 0.05) is 32.7 Å². The van der Waals surface area contributed by atoms with Gasteiger partial charge in [0.05, 0.1) is 0 Å². The van der Waals surface area contributed by atoms with Gasteiger partial charge in [-0.1, -0.05) is 6.92 Å². The van der Waals surface area contributed by atoms with Crippen LogP contribution in [0.5, 0.6) is 0 Å². The van der Waals surface area contributed by atoms with E-state index < -0.39 is 5.41 Å². The summed E-state index contributed by atoms with van der Waals surface area (Å²) >= 11 is 0. The van der Waals surface area contributed by atoms with E-state index >= 15 is 0 Å². The van der Waals surface area contributed by atoms with Crippen molar-refractivity contribution in [1.82, 2.24) is 15.1 Å². The van der Waals surface area contributed by atoms with Crippen LogP contribution in [0.25, 0.3) is 0 Å². The van der Waals surface area contributed by atoms with Crippen LogP contribution in [0.3, 0.4) is 0 Å². The minimum absolute atomic E-state index is 0.0633. The first kappa shape index (κ1) is 13.8. The van der Waals surface area contributed by atoms with Gasteiger partial charge in [-0.2, -0.15) is 0 Å². The fraction of sp³-hybridized carbons (Fsp3) is 0.769. The predicted molar refractivity (Wildman–Crippen MR) is 69.2 cm³/mol. The zero-order chi connectivity index (χ0) is 13.9. The molecule has 2 aliphatic rings. The zero-order valence-electron chi connectivity index (χ0n) is 11.4. The van der Waals surface area contributed by atoms with Crippen LogP contribution in [-0.2, 0) is 14.4 Å². The van der Waals surface area contributed by atoms with Crippen LogP contribution < -0.4 is 5.32 Å². The highest BCUT2D eigenvalue weighted by molar-refractivity contribution is 6.07. The molecule has 1 saturated carbocycles. The maximum atomic E-state index is 12.4. The number of nitrogens with zero attached hydrogens (tertiary/aromatic N) is 2. The molecule has 19 heavy (non-hydrogen) atoms. The minimum Gasteiger partial charge on any atom is -0.355 e. The van der Waals surface area contributed by atoms with Crippen molar-refractivity contribution in [3.63, 3.8) is 0 Å². The third-order valence-electron chi connectivity index (χ3n) is 3.88. The summed E-state index contributed by atoms with van der Waals surface area (Å²) in [4.78, 5) is 38.5. The van der Waals surface area contributed by atoms with Gasteiger partial charge in [-0.15, -0.1) is 0 Å². The number of hydrogen-bond acceptors (Lipinski definition) is 3. The third-order valence-corrected chi connectivity index (χ3v) is 3.88. The van der Waals surface area contributed by atoms with Gasteiger partial charge >= 0.3 is 0 Å². The van der Waals surface area contributed by atoms with Gasteiger partial charge in [0.2, 0.25) is 18.2 Å².